The molecule has 0 radical (unpaired) electrons. The van der Waals surface area contributed by atoms with Crippen molar-refractivity contribution < 1.29 is 14.3 Å². The molecule has 1 aliphatic rings. The number of aryl methyl sites for hydroxylation is 1. The molecule has 2 N–H and O–H groups in total. The number of benzene rings is 1. The minimum Gasteiger partial charge on any atom is -0.475 e. The first-order chi connectivity index (χ1) is 9.74. The topological polar surface area (TPSA) is 62.5 Å². The highest BCUT2D eigenvalue weighted by Crippen LogP contribution is 2.28. The van der Waals surface area contributed by atoms with Crippen molar-refractivity contribution >= 4 is 11.7 Å². The lowest BCUT2D eigenvalue weighted by molar-refractivity contribution is 0.0660. The Morgan fingerprint density at radius 3 is 2.85 bits per heavy atom. The average molecular weight is 271 g/mol. The summed E-state index contributed by atoms with van der Waals surface area (Å²) in [5, 5.41) is 12.2. The molecular formula is C16H17NO3. The highest BCUT2D eigenvalue weighted by molar-refractivity contribution is 5.84. The summed E-state index contributed by atoms with van der Waals surface area (Å²) in [7, 11) is 0. The highest BCUT2D eigenvalue weighted by Gasteiger charge is 2.13. The van der Waals surface area contributed by atoms with E-state index in [1.54, 1.807) is 6.07 Å². The summed E-state index contributed by atoms with van der Waals surface area (Å²) in [6.07, 6.45) is 4.75. The molecule has 4 nitrogen and oxygen atoms in total. The summed E-state index contributed by atoms with van der Waals surface area (Å²) in [5.41, 5.74) is 3.95. The average Bonchev–Trinajstić information content (AvgIpc) is 2.94. The Bertz CT molecular complexity index is 630. The number of anilines is 1. The second-order valence-corrected chi connectivity index (χ2v) is 5.08. The van der Waals surface area contributed by atoms with E-state index in [9.17, 15) is 4.79 Å². The minimum atomic E-state index is -1.03. The molecule has 4 heteroatoms. The predicted molar refractivity (Wildman–Crippen MR) is 76.1 cm³/mol. The van der Waals surface area contributed by atoms with E-state index in [2.05, 4.69) is 23.5 Å². The Kier molecular flexibility index (Phi) is 3.46. The number of hydrogen-bond donors (Lipinski definition) is 2. The molecule has 0 amide bonds. The van der Waals surface area contributed by atoms with E-state index < -0.39 is 5.97 Å². The molecule has 2 aromatic rings. The minimum absolute atomic E-state index is 0.0168. The van der Waals surface area contributed by atoms with Gasteiger partial charge in [0.1, 0.15) is 5.76 Å². The number of rotatable bonds is 4. The molecule has 0 saturated heterocycles. The molecule has 0 spiro atoms. The van der Waals surface area contributed by atoms with Gasteiger partial charge in [0, 0.05) is 5.69 Å². The molecule has 0 aliphatic heterocycles. The Balaban J connectivity index is 1.73. The Labute approximate surface area is 117 Å². The molecule has 3 rings (SSSR count). The molecule has 0 fully saturated rings. The third-order valence-electron chi connectivity index (χ3n) is 3.72. The first kappa shape index (κ1) is 12.8. The van der Waals surface area contributed by atoms with E-state index in [-0.39, 0.29) is 5.76 Å². The van der Waals surface area contributed by atoms with Crippen LogP contribution < -0.4 is 5.32 Å². The van der Waals surface area contributed by atoms with E-state index >= 15 is 0 Å². The lowest BCUT2D eigenvalue weighted by Crippen LogP contribution is -2.08. The maximum absolute atomic E-state index is 10.8. The zero-order valence-electron chi connectivity index (χ0n) is 11.2. The number of carboxylic acid groups (broad SMARTS) is 1. The van der Waals surface area contributed by atoms with Crippen LogP contribution in [0.5, 0.6) is 0 Å². The van der Waals surface area contributed by atoms with Gasteiger partial charge in [-0.25, -0.2) is 4.79 Å². The van der Waals surface area contributed by atoms with Crippen LogP contribution in [0.4, 0.5) is 5.69 Å². The molecule has 0 atom stereocenters. The van der Waals surface area contributed by atoms with Crippen molar-refractivity contribution in [3.63, 3.8) is 0 Å². The van der Waals surface area contributed by atoms with Crippen LogP contribution in [0.25, 0.3) is 0 Å². The lowest BCUT2D eigenvalue weighted by Gasteiger charge is -2.19. The van der Waals surface area contributed by atoms with Gasteiger partial charge in [-0.05, 0) is 55.0 Å². The number of carbonyl (C=O) groups is 1. The summed E-state index contributed by atoms with van der Waals surface area (Å²) >= 11 is 0. The van der Waals surface area contributed by atoms with Crippen LogP contribution in [0.3, 0.4) is 0 Å². The van der Waals surface area contributed by atoms with Crippen molar-refractivity contribution in [1.29, 1.82) is 0 Å². The van der Waals surface area contributed by atoms with Crippen LogP contribution in [-0.4, -0.2) is 11.1 Å². The van der Waals surface area contributed by atoms with Crippen LogP contribution in [0.15, 0.2) is 34.7 Å². The van der Waals surface area contributed by atoms with E-state index in [0.717, 1.165) is 18.5 Å². The fourth-order valence-electron chi connectivity index (χ4n) is 2.72. The predicted octanol–water partition coefficient (Wildman–Crippen LogP) is 3.47. The van der Waals surface area contributed by atoms with Gasteiger partial charge in [-0.15, -0.1) is 0 Å². The molecule has 1 aromatic heterocycles. The monoisotopic (exact) mass is 271 g/mol. The van der Waals surface area contributed by atoms with E-state index in [1.165, 1.54) is 30.0 Å². The van der Waals surface area contributed by atoms with Gasteiger partial charge < -0.3 is 14.8 Å². The summed E-state index contributed by atoms with van der Waals surface area (Å²) < 4.78 is 5.25. The maximum Gasteiger partial charge on any atom is 0.371 e. The molecule has 1 aliphatic carbocycles. The number of aromatic carboxylic acids is 1. The van der Waals surface area contributed by atoms with Crippen LogP contribution in [0.1, 0.15) is 40.3 Å². The fraction of sp³-hybridized carbons (Fsp3) is 0.312. The summed E-state index contributed by atoms with van der Waals surface area (Å²) in [6, 6.07) is 9.52. The fourth-order valence-corrected chi connectivity index (χ4v) is 2.72. The van der Waals surface area contributed by atoms with Gasteiger partial charge in [0.05, 0.1) is 6.54 Å². The molecular weight excluding hydrogens is 254 g/mol. The summed E-state index contributed by atoms with van der Waals surface area (Å²) in [6.45, 7) is 0.504. The van der Waals surface area contributed by atoms with Gasteiger partial charge in [-0.2, -0.15) is 0 Å². The van der Waals surface area contributed by atoms with Crippen molar-refractivity contribution in [3.05, 3.63) is 53.0 Å². The second-order valence-electron chi connectivity index (χ2n) is 5.08. The molecule has 1 heterocycles. The first-order valence-corrected chi connectivity index (χ1v) is 6.90. The number of fused-ring (bicyclic) bond motifs is 1. The second kappa shape index (κ2) is 5.41. The largest absolute Gasteiger partial charge is 0.475 e. The van der Waals surface area contributed by atoms with Gasteiger partial charge in [-0.1, -0.05) is 12.1 Å². The number of carboxylic acids is 1. The third kappa shape index (κ3) is 2.54. The number of furan rings is 1. The quantitative estimate of drug-likeness (QED) is 0.893. The molecule has 0 saturated carbocycles. The van der Waals surface area contributed by atoms with Gasteiger partial charge in [-0.3, -0.25) is 0 Å². The summed E-state index contributed by atoms with van der Waals surface area (Å²) in [5.74, 6) is -0.416. The zero-order valence-corrected chi connectivity index (χ0v) is 11.2. The summed E-state index contributed by atoms with van der Waals surface area (Å²) in [4.78, 5) is 10.8. The van der Waals surface area contributed by atoms with Gasteiger partial charge in [0.15, 0.2) is 0 Å². The Morgan fingerprint density at radius 2 is 2.05 bits per heavy atom. The van der Waals surface area contributed by atoms with Crippen molar-refractivity contribution in [3.8, 4) is 0 Å². The van der Waals surface area contributed by atoms with E-state index in [1.807, 2.05) is 0 Å². The first-order valence-electron chi connectivity index (χ1n) is 6.90. The molecule has 20 heavy (non-hydrogen) atoms. The molecule has 1 aromatic carbocycles. The number of hydrogen-bond acceptors (Lipinski definition) is 3. The standard InChI is InChI=1S/C16H17NO3/c18-16(19)15-9-8-12(20-15)10-17-14-7-3-5-11-4-1-2-6-13(11)14/h3,5,7-9,17H,1-2,4,6,10H2,(H,18,19). The molecule has 104 valence electrons. The van der Waals surface area contributed by atoms with Crippen LogP contribution in [0, 0.1) is 0 Å². The third-order valence-corrected chi connectivity index (χ3v) is 3.72. The van der Waals surface area contributed by atoms with E-state index in [4.69, 9.17) is 9.52 Å². The van der Waals surface area contributed by atoms with Crippen LogP contribution in [0.2, 0.25) is 0 Å². The van der Waals surface area contributed by atoms with Gasteiger partial charge in [0.2, 0.25) is 5.76 Å². The highest BCUT2D eigenvalue weighted by atomic mass is 16.4. The van der Waals surface area contributed by atoms with Crippen LogP contribution in [-0.2, 0) is 19.4 Å². The molecule has 0 unspecified atom stereocenters. The van der Waals surface area contributed by atoms with E-state index in [0.29, 0.717) is 12.3 Å². The van der Waals surface area contributed by atoms with Crippen LogP contribution >= 0.6 is 0 Å². The van der Waals surface area contributed by atoms with Gasteiger partial charge >= 0.3 is 5.97 Å². The Hall–Kier alpha value is -2.23. The molecule has 0 bridgehead atoms. The zero-order chi connectivity index (χ0) is 13.9. The van der Waals surface area contributed by atoms with Crippen molar-refractivity contribution in [2.45, 2.75) is 32.2 Å². The van der Waals surface area contributed by atoms with Crippen molar-refractivity contribution in [2.75, 3.05) is 5.32 Å². The Morgan fingerprint density at radius 1 is 1.20 bits per heavy atom. The smallest absolute Gasteiger partial charge is 0.371 e. The lowest BCUT2D eigenvalue weighted by atomic mass is 9.90. The van der Waals surface area contributed by atoms with Crippen molar-refractivity contribution in [1.82, 2.24) is 0 Å². The van der Waals surface area contributed by atoms with Crippen molar-refractivity contribution in [2.24, 2.45) is 0 Å². The normalized spacial score (nSPS) is 13.8. The maximum atomic E-state index is 10.8. The SMILES string of the molecule is O=C(O)c1ccc(CNc2cccc3c2CCCC3)o1. The number of nitrogens with one attached hydrogen (secondary N) is 1. The van der Waals surface area contributed by atoms with Gasteiger partial charge in [0.25, 0.3) is 0 Å².